The van der Waals surface area contributed by atoms with Gasteiger partial charge >= 0.3 is 5.69 Å². The number of hydrogen-bond donors (Lipinski definition) is 2. The maximum absolute atomic E-state index is 11.0. The number of phenols is 1. The van der Waals surface area contributed by atoms with E-state index in [-0.39, 0.29) is 10.3 Å². The third kappa shape index (κ3) is 3.61. The molecule has 0 aliphatic rings. The molecule has 0 saturated heterocycles. The van der Waals surface area contributed by atoms with Crippen molar-refractivity contribution >= 4 is 29.8 Å². The number of aromatic amines is 1. The summed E-state index contributed by atoms with van der Waals surface area (Å²) in [5, 5.41) is 42.9. The van der Waals surface area contributed by atoms with Crippen molar-refractivity contribution in [3.63, 3.8) is 0 Å². The van der Waals surface area contributed by atoms with Crippen LogP contribution in [0, 0.1) is 31.9 Å². The number of H-pyrrole nitrogens is 1. The van der Waals surface area contributed by atoms with E-state index in [2.05, 4.69) is 15.3 Å². The van der Waals surface area contributed by atoms with Crippen molar-refractivity contribution in [1.29, 1.82) is 0 Å². The van der Waals surface area contributed by atoms with E-state index in [1.807, 2.05) is 31.2 Å². The van der Waals surface area contributed by atoms with E-state index in [1.54, 1.807) is 0 Å². The third-order valence-electron chi connectivity index (χ3n) is 3.78. The number of rotatable bonds is 5. The predicted octanol–water partition coefficient (Wildman–Crippen LogP) is 3.32. The van der Waals surface area contributed by atoms with Crippen LogP contribution in [-0.2, 0) is 0 Å². The van der Waals surface area contributed by atoms with E-state index in [9.17, 15) is 25.3 Å². The fourth-order valence-corrected chi connectivity index (χ4v) is 2.56. The van der Waals surface area contributed by atoms with Crippen molar-refractivity contribution in [2.75, 3.05) is 0 Å². The lowest BCUT2D eigenvalue weighted by atomic mass is 10.1. The van der Waals surface area contributed by atoms with Crippen molar-refractivity contribution < 1.29 is 15.0 Å². The number of hydrogen-bond acceptors (Lipinski definition) is 8. The summed E-state index contributed by atoms with van der Waals surface area (Å²) in [7, 11) is 0. The molecule has 0 spiro atoms. The molecule has 2 N–H and O–H groups in total. The van der Waals surface area contributed by atoms with Crippen molar-refractivity contribution in [2.24, 2.45) is 5.10 Å². The molecular weight excluding hydrogens is 388 g/mol. The number of aromatic nitrogens is 3. The summed E-state index contributed by atoms with van der Waals surface area (Å²) in [5.74, 6) is -0.382. The molecule has 0 amide bonds. The second-order valence-corrected chi connectivity index (χ2v) is 6.08. The summed E-state index contributed by atoms with van der Waals surface area (Å²) < 4.78 is 1.37. The molecule has 11 nitrogen and oxygen atoms in total. The van der Waals surface area contributed by atoms with Crippen LogP contribution in [0.5, 0.6) is 5.75 Å². The van der Waals surface area contributed by atoms with Gasteiger partial charge in [0.15, 0.2) is 5.82 Å². The molecule has 0 radical (unpaired) electrons. The molecule has 0 saturated carbocycles. The van der Waals surface area contributed by atoms with Crippen LogP contribution in [-0.4, -0.2) is 36.0 Å². The Morgan fingerprint density at radius 3 is 2.50 bits per heavy atom. The molecule has 0 bridgehead atoms. The van der Waals surface area contributed by atoms with Crippen LogP contribution in [0.4, 0.5) is 11.4 Å². The Bertz CT molecular complexity index is 1170. The average Bonchev–Trinajstić information content (AvgIpc) is 3.01. The van der Waals surface area contributed by atoms with Crippen LogP contribution in [0.3, 0.4) is 0 Å². The quantitative estimate of drug-likeness (QED) is 0.288. The Balaban J connectivity index is 2.09. The fourth-order valence-electron chi connectivity index (χ4n) is 2.38. The summed E-state index contributed by atoms with van der Waals surface area (Å²) in [5.41, 5.74) is 0.177. The summed E-state index contributed by atoms with van der Waals surface area (Å²) in [6, 6.07) is 9.01. The van der Waals surface area contributed by atoms with Gasteiger partial charge in [0, 0.05) is 11.6 Å². The Labute approximate surface area is 161 Å². The van der Waals surface area contributed by atoms with Crippen molar-refractivity contribution in [1.82, 2.24) is 14.9 Å². The standard InChI is InChI=1S/C16H12N6O5S/c1-9-2-4-10(5-3-9)15-18-19-16(28)20(15)17-8-11-6-12(21(24)25)7-13(14(11)23)22(26)27/h2-8,23H,1H3,(H,19,28). The topological polar surface area (TPSA) is 152 Å². The van der Waals surface area contributed by atoms with Gasteiger partial charge in [-0.1, -0.05) is 29.8 Å². The Hall–Kier alpha value is -3.93. The summed E-state index contributed by atoms with van der Waals surface area (Å²) in [6.07, 6.45) is 1.04. The Morgan fingerprint density at radius 2 is 1.89 bits per heavy atom. The van der Waals surface area contributed by atoms with Gasteiger partial charge < -0.3 is 5.11 Å². The third-order valence-corrected chi connectivity index (χ3v) is 4.05. The first-order valence-corrected chi connectivity index (χ1v) is 8.13. The zero-order valence-corrected chi connectivity index (χ0v) is 15.1. The highest BCUT2D eigenvalue weighted by atomic mass is 32.1. The summed E-state index contributed by atoms with van der Waals surface area (Å²) >= 11 is 5.13. The van der Waals surface area contributed by atoms with Gasteiger partial charge in [-0.25, -0.2) is 5.10 Å². The molecule has 28 heavy (non-hydrogen) atoms. The Kier molecular flexibility index (Phi) is 4.96. The molecule has 0 aliphatic heterocycles. The van der Waals surface area contributed by atoms with Gasteiger partial charge in [0.25, 0.3) is 5.69 Å². The van der Waals surface area contributed by atoms with E-state index in [1.165, 1.54) is 4.68 Å². The van der Waals surface area contributed by atoms with Gasteiger partial charge in [-0.3, -0.25) is 20.2 Å². The van der Waals surface area contributed by atoms with E-state index in [0.717, 1.165) is 17.8 Å². The van der Waals surface area contributed by atoms with Gasteiger partial charge in [0.2, 0.25) is 10.5 Å². The summed E-state index contributed by atoms with van der Waals surface area (Å²) in [4.78, 5) is 20.3. The van der Waals surface area contributed by atoms with Crippen LogP contribution in [0.25, 0.3) is 11.4 Å². The number of benzene rings is 2. The smallest absolute Gasteiger partial charge is 0.318 e. The monoisotopic (exact) mass is 400 g/mol. The van der Waals surface area contributed by atoms with Crippen LogP contribution in [0.2, 0.25) is 0 Å². The number of non-ortho nitro benzene ring substituents is 1. The van der Waals surface area contributed by atoms with E-state index in [4.69, 9.17) is 12.2 Å². The zero-order chi connectivity index (χ0) is 20.4. The van der Waals surface area contributed by atoms with Crippen LogP contribution in [0.15, 0.2) is 41.5 Å². The number of nitrogens with one attached hydrogen (secondary N) is 1. The molecule has 0 atom stereocenters. The van der Waals surface area contributed by atoms with Gasteiger partial charge in [-0.15, -0.1) is 0 Å². The lowest BCUT2D eigenvalue weighted by Gasteiger charge is -2.03. The molecule has 1 aromatic heterocycles. The SMILES string of the molecule is Cc1ccc(-c2n[nH]c(=S)n2N=Cc2cc([N+](=O)[O-])cc([N+](=O)[O-])c2O)cc1. The minimum atomic E-state index is -0.916. The normalized spacial score (nSPS) is 11.0. The highest BCUT2D eigenvalue weighted by molar-refractivity contribution is 7.71. The van der Waals surface area contributed by atoms with Crippen molar-refractivity contribution in [2.45, 2.75) is 6.92 Å². The summed E-state index contributed by atoms with van der Waals surface area (Å²) in [6.45, 7) is 1.93. The average molecular weight is 400 g/mol. The van der Waals surface area contributed by atoms with Gasteiger partial charge in [-0.05, 0) is 19.1 Å². The van der Waals surface area contributed by atoms with E-state index >= 15 is 0 Å². The number of nitro benzene ring substituents is 2. The van der Waals surface area contributed by atoms with Gasteiger partial charge in [0.05, 0.1) is 27.7 Å². The lowest BCUT2D eigenvalue weighted by Crippen LogP contribution is -1.99. The number of nitrogens with zero attached hydrogens (tertiary/aromatic N) is 5. The van der Waals surface area contributed by atoms with Gasteiger partial charge in [0.1, 0.15) is 0 Å². The van der Waals surface area contributed by atoms with E-state index in [0.29, 0.717) is 17.5 Å². The molecule has 0 aliphatic carbocycles. The second-order valence-electron chi connectivity index (χ2n) is 5.69. The molecule has 142 valence electrons. The largest absolute Gasteiger partial charge is 0.502 e. The predicted molar refractivity (Wildman–Crippen MR) is 102 cm³/mol. The maximum Gasteiger partial charge on any atom is 0.318 e. The first-order valence-electron chi connectivity index (χ1n) is 7.72. The van der Waals surface area contributed by atoms with Crippen LogP contribution >= 0.6 is 12.2 Å². The molecular formula is C16H12N6O5S. The number of nitro groups is 2. The first-order chi connectivity index (χ1) is 13.3. The lowest BCUT2D eigenvalue weighted by molar-refractivity contribution is -0.394. The van der Waals surface area contributed by atoms with Crippen LogP contribution in [0.1, 0.15) is 11.1 Å². The zero-order valence-electron chi connectivity index (χ0n) is 14.3. The highest BCUT2D eigenvalue weighted by Gasteiger charge is 2.23. The van der Waals surface area contributed by atoms with Crippen molar-refractivity contribution in [3.05, 3.63) is 72.5 Å². The highest BCUT2D eigenvalue weighted by Crippen LogP contribution is 2.33. The molecule has 0 unspecified atom stereocenters. The molecule has 2 aromatic carbocycles. The minimum absolute atomic E-state index is 0.131. The maximum atomic E-state index is 11.0. The number of phenolic OH excluding ortho intramolecular Hbond substituents is 1. The second kappa shape index (κ2) is 7.36. The van der Waals surface area contributed by atoms with Crippen molar-refractivity contribution in [3.8, 4) is 17.1 Å². The first kappa shape index (κ1) is 18.8. The number of aromatic hydroxyl groups is 1. The molecule has 0 fully saturated rings. The number of aryl methyl sites for hydroxylation is 1. The van der Waals surface area contributed by atoms with Crippen LogP contribution < -0.4 is 0 Å². The van der Waals surface area contributed by atoms with Gasteiger partial charge in [-0.2, -0.15) is 14.9 Å². The minimum Gasteiger partial charge on any atom is -0.502 e. The molecule has 3 rings (SSSR count). The molecule has 3 aromatic rings. The molecule has 12 heteroatoms. The molecule has 1 heterocycles. The fraction of sp³-hybridized carbons (Fsp3) is 0.0625. The Morgan fingerprint density at radius 1 is 1.21 bits per heavy atom. The van der Waals surface area contributed by atoms with E-state index < -0.39 is 27.0 Å².